The van der Waals surface area contributed by atoms with Crippen LogP contribution >= 0.6 is 0 Å². The van der Waals surface area contributed by atoms with Gasteiger partial charge in [0.05, 0.1) is 18.8 Å². The molecular formula is C23H30N4O6. The molecule has 0 atom stereocenters. The van der Waals surface area contributed by atoms with Crippen molar-refractivity contribution in [3.05, 3.63) is 60.2 Å². The zero-order valence-electron chi connectivity index (χ0n) is 19.0. The van der Waals surface area contributed by atoms with E-state index in [1.165, 1.54) is 10.0 Å². The first-order chi connectivity index (χ1) is 15.6. The summed E-state index contributed by atoms with van der Waals surface area (Å²) in [6, 6.07) is 15.9. The van der Waals surface area contributed by atoms with Gasteiger partial charge >= 0.3 is 12.2 Å². The van der Waals surface area contributed by atoms with Crippen molar-refractivity contribution in [1.29, 1.82) is 0 Å². The van der Waals surface area contributed by atoms with Gasteiger partial charge in [0.25, 0.3) is 0 Å². The molecule has 2 amide bonds. The maximum Gasteiger partial charge on any atom is 0.429 e. The van der Waals surface area contributed by atoms with Crippen LogP contribution in [0.4, 0.5) is 21.0 Å². The van der Waals surface area contributed by atoms with Gasteiger partial charge < -0.3 is 14.4 Å². The Labute approximate surface area is 193 Å². The predicted molar refractivity (Wildman–Crippen MR) is 121 cm³/mol. The minimum Gasteiger partial charge on any atom is -0.443 e. The van der Waals surface area contributed by atoms with Gasteiger partial charge in [-0.25, -0.2) is 19.6 Å². The molecule has 1 aliphatic rings. The fourth-order valence-electron chi connectivity index (χ4n) is 3.33. The number of ether oxygens (including phenoxy) is 2. The largest absolute Gasteiger partial charge is 0.443 e. The molecule has 2 N–H and O–H groups in total. The molecule has 178 valence electrons. The Hall–Kier alpha value is -3.50. The average Bonchev–Trinajstić information content (AvgIpc) is 3.00. The Morgan fingerprint density at radius 1 is 0.879 bits per heavy atom. The van der Waals surface area contributed by atoms with Crippen molar-refractivity contribution in [2.75, 3.05) is 36.3 Å². The van der Waals surface area contributed by atoms with Crippen LogP contribution in [0.3, 0.4) is 0 Å². The maximum absolute atomic E-state index is 12.9. The van der Waals surface area contributed by atoms with Crippen LogP contribution in [-0.4, -0.2) is 64.4 Å². The minimum absolute atomic E-state index is 0.0426. The van der Waals surface area contributed by atoms with Crippen LogP contribution in [0.1, 0.15) is 26.3 Å². The Kier molecular flexibility index (Phi) is 7.62. The van der Waals surface area contributed by atoms with Crippen molar-refractivity contribution >= 4 is 23.6 Å². The van der Waals surface area contributed by atoms with Crippen LogP contribution in [0.5, 0.6) is 0 Å². The molecule has 10 nitrogen and oxygen atoms in total. The van der Waals surface area contributed by atoms with Crippen LogP contribution < -0.4 is 10.1 Å². The Balaban J connectivity index is 1.75. The first-order valence-corrected chi connectivity index (χ1v) is 10.7. The van der Waals surface area contributed by atoms with Crippen molar-refractivity contribution < 1.29 is 29.5 Å². The van der Waals surface area contributed by atoms with Gasteiger partial charge in [0.15, 0.2) is 0 Å². The number of hydrogen-bond acceptors (Lipinski definition) is 8. The van der Waals surface area contributed by atoms with E-state index >= 15 is 0 Å². The lowest BCUT2D eigenvalue weighted by Gasteiger charge is -2.33. The monoisotopic (exact) mass is 458 g/mol. The number of anilines is 2. The van der Waals surface area contributed by atoms with Crippen LogP contribution in [0, 0.1) is 0 Å². The molecule has 1 saturated heterocycles. The van der Waals surface area contributed by atoms with Crippen LogP contribution in [-0.2, 0) is 16.1 Å². The average molecular weight is 459 g/mol. The van der Waals surface area contributed by atoms with Gasteiger partial charge in [0, 0.05) is 18.8 Å². The normalized spacial score (nSPS) is 14.5. The summed E-state index contributed by atoms with van der Waals surface area (Å²) in [4.78, 5) is 27.8. The van der Waals surface area contributed by atoms with Gasteiger partial charge in [0.2, 0.25) is 0 Å². The van der Waals surface area contributed by atoms with E-state index in [1.54, 1.807) is 45.0 Å². The highest BCUT2D eigenvalue weighted by Crippen LogP contribution is 2.22. The molecular weight excluding hydrogens is 428 g/mol. The molecule has 10 heteroatoms. The molecule has 3 rings (SSSR count). The van der Waals surface area contributed by atoms with E-state index in [1.807, 2.05) is 35.2 Å². The number of rotatable bonds is 4. The Morgan fingerprint density at radius 3 is 2.00 bits per heavy atom. The van der Waals surface area contributed by atoms with E-state index in [2.05, 4.69) is 0 Å². The molecule has 1 aliphatic heterocycles. The van der Waals surface area contributed by atoms with Gasteiger partial charge in [-0.05, 0) is 50.6 Å². The van der Waals surface area contributed by atoms with Crippen LogP contribution in [0.15, 0.2) is 54.6 Å². The summed E-state index contributed by atoms with van der Waals surface area (Å²) in [7, 11) is 0. The summed E-state index contributed by atoms with van der Waals surface area (Å²) < 4.78 is 11.0. The van der Waals surface area contributed by atoms with Crippen molar-refractivity contribution in [2.24, 2.45) is 0 Å². The van der Waals surface area contributed by atoms with E-state index in [9.17, 15) is 9.59 Å². The number of carbonyl (C=O) groups is 2. The van der Waals surface area contributed by atoms with Crippen LogP contribution in [0.25, 0.3) is 0 Å². The van der Waals surface area contributed by atoms with Crippen molar-refractivity contribution in [2.45, 2.75) is 33.0 Å². The first-order valence-electron chi connectivity index (χ1n) is 10.7. The van der Waals surface area contributed by atoms with Crippen molar-refractivity contribution in [3.63, 3.8) is 0 Å². The molecule has 0 saturated carbocycles. The standard InChI is InChI=1S/C23H30N4O6/c1-23(2,3)33-22(29)26-16-14-24(19-9-11-20(12-10-19)27(30)31)13-15-25(26)21(28)32-17-18-7-5-4-6-8-18/h4-12,30-31H,13-17H2,1-3H3. The van der Waals surface area contributed by atoms with E-state index in [0.717, 1.165) is 11.3 Å². The van der Waals surface area contributed by atoms with Gasteiger partial charge in [-0.1, -0.05) is 30.3 Å². The highest BCUT2D eigenvalue weighted by Gasteiger charge is 2.33. The smallest absolute Gasteiger partial charge is 0.429 e. The van der Waals surface area contributed by atoms with E-state index in [-0.39, 0.29) is 30.6 Å². The highest BCUT2D eigenvalue weighted by atomic mass is 16.8. The molecule has 0 unspecified atom stereocenters. The molecule has 2 aromatic rings. The molecule has 1 heterocycles. The Bertz CT molecular complexity index is 930. The summed E-state index contributed by atoms with van der Waals surface area (Å²) in [6.07, 6.45) is -1.27. The molecule has 33 heavy (non-hydrogen) atoms. The van der Waals surface area contributed by atoms with Crippen molar-refractivity contribution in [3.8, 4) is 0 Å². The number of hydrazine groups is 1. The molecule has 0 spiro atoms. The topological polar surface area (TPSA) is 106 Å². The van der Waals surface area contributed by atoms with E-state index < -0.39 is 17.8 Å². The predicted octanol–water partition coefficient (Wildman–Crippen LogP) is 3.88. The second-order valence-electron chi connectivity index (χ2n) is 8.56. The van der Waals surface area contributed by atoms with E-state index in [0.29, 0.717) is 13.1 Å². The first kappa shape index (κ1) is 24.1. The number of benzene rings is 2. The molecule has 2 aromatic carbocycles. The van der Waals surface area contributed by atoms with Gasteiger partial charge in [0.1, 0.15) is 12.2 Å². The van der Waals surface area contributed by atoms with E-state index in [4.69, 9.17) is 19.9 Å². The molecule has 0 aliphatic carbocycles. The second-order valence-corrected chi connectivity index (χ2v) is 8.56. The third-order valence-corrected chi connectivity index (χ3v) is 4.92. The van der Waals surface area contributed by atoms with Crippen molar-refractivity contribution in [1.82, 2.24) is 10.0 Å². The molecule has 0 aromatic heterocycles. The number of hydrogen-bond donors (Lipinski definition) is 2. The maximum atomic E-state index is 12.9. The van der Waals surface area contributed by atoms with Gasteiger partial charge in [-0.15, -0.1) is 5.23 Å². The SMILES string of the molecule is CC(C)(C)OC(=O)N1CCN(c2ccc(N(O)O)cc2)CCN1C(=O)OCc1ccccc1. The molecule has 1 fully saturated rings. The number of amides is 2. The summed E-state index contributed by atoms with van der Waals surface area (Å²) in [5.41, 5.74) is 1.14. The second kappa shape index (κ2) is 10.4. The zero-order valence-corrected chi connectivity index (χ0v) is 19.0. The number of nitrogens with zero attached hydrogens (tertiary/aromatic N) is 4. The lowest BCUT2D eigenvalue weighted by molar-refractivity contribution is -0.0421. The quantitative estimate of drug-likeness (QED) is 0.665. The fourth-order valence-corrected chi connectivity index (χ4v) is 3.33. The fraction of sp³-hybridized carbons (Fsp3) is 0.391. The molecule has 0 radical (unpaired) electrons. The Morgan fingerprint density at radius 2 is 1.45 bits per heavy atom. The van der Waals surface area contributed by atoms with Gasteiger partial charge in [-0.2, -0.15) is 0 Å². The highest BCUT2D eigenvalue weighted by molar-refractivity contribution is 5.75. The summed E-state index contributed by atoms with van der Waals surface area (Å²) in [6.45, 7) is 6.64. The number of carbonyl (C=O) groups excluding carboxylic acids is 2. The third kappa shape index (κ3) is 6.74. The van der Waals surface area contributed by atoms with Crippen LogP contribution in [0.2, 0.25) is 0 Å². The lowest BCUT2D eigenvalue weighted by Crippen LogP contribution is -2.52. The zero-order chi connectivity index (χ0) is 24.0. The summed E-state index contributed by atoms with van der Waals surface area (Å²) >= 11 is 0. The lowest BCUT2D eigenvalue weighted by atomic mass is 10.2. The minimum atomic E-state index is -0.723. The summed E-state index contributed by atoms with van der Waals surface area (Å²) in [5, 5.41) is 20.9. The summed E-state index contributed by atoms with van der Waals surface area (Å²) in [5.74, 6) is 0. The molecule has 0 bridgehead atoms. The van der Waals surface area contributed by atoms with Gasteiger partial charge in [-0.3, -0.25) is 10.4 Å². The third-order valence-electron chi connectivity index (χ3n) is 4.92.